The Morgan fingerprint density at radius 3 is 2.85 bits per heavy atom. The van der Waals surface area contributed by atoms with Crippen LogP contribution in [0.2, 0.25) is 0 Å². The zero-order valence-electron chi connectivity index (χ0n) is 15.0. The molecule has 1 amide bonds. The third kappa shape index (κ3) is 3.81. The molecule has 0 atom stereocenters. The van der Waals surface area contributed by atoms with E-state index < -0.39 is 0 Å². The van der Waals surface area contributed by atoms with Crippen LogP contribution < -0.4 is 25.4 Å². The summed E-state index contributed by atoms with van der Waals surface area (Å²) in [5.41, 5.74) is 8.84. The topological polar surface area (TPSA) is 89.2 Å². The maximum Gasteiger partial charge on any atom is 0.248 e. The highest BCUT2D eigenvalue weighted by molar-refractivity contribution is 5.99. The summed E-state index contributed by atoms with van der Waals surface area (Å²) in [6.45, 7) is 1.94. The van der Waals surface area contributed by atoms with Gasteiger partial charge in [0.25, 0.3) is 0 Å². The lowest BCUT2D eigenvalue weighted by Crippen LogP contribution is -2.32. The Morgan fingerprint density at radius 2 is 1.96 bits per heavy atom. The molecule has 0 aliphatic carbocycles. The van der Waals surface area contributed by atoms with Gasteiger partial charge in [0.15, 0.2) is 17.5 Å². The highest BCUT2D eigenvalue weighted by Crippen LogP contribution is 2.32. The van der Waals surface area contributed by atoms with Crippen LogP contribution in [0.25, 0.3) is 0 Å². The van der Waals surface area contributed by atoms with Crippen LogP contribution in [0.5, 0.6) is 11.5 Å². The fourth-order valence-electron chi connectivity index (χ4n) is 3.26. The monoisotopic (exact) mass is 366 g/mol. The molecule has 0 unspecified atom stereocenters. The Kier molecular flexibility index (Phi) is 4.82. The summed E-state index contributed by atoms with van der Waals surface area (Å²) in [6, 6.07) is 13.4. The number of benzene rings is 2. The number of carbonyl (C=O) groups excluding carboxylic acids is 1. The van der Waals surface area contributed by atoms with Crippen molar-refractivity contribution in [3.8, 4) is 11.5 Å². The van der Waals surface area contributed by atoms with Gasteiger partial charge in [-0.25, -0.2) is 4.99 Å². The normalized spacial score (nSPS) is 15.9. The van der Waals surface area contributed by atoms with E-state index in [-0.39, 0.29) is 18.4 Å². The highest BCUT2D eigenvalue weighted by Gasteiger charge is 2.23. The fourth-order valence-corrected chi connectivity index (χ4v) is 3.26. The molecule has 2 aliphatic heterocycles. The van der Waals surface area contributed by atoms with Crippen molar-refractivity contribution in [1.29, 1.82) is 0 Å². The highest BCUT2D eigenvalue weighted by atomic mass is 16.5. The van der Waals surface area contributed by atoms with E-state index >= 15 is 0 Å². The molecule has 0 radical (unpaired) electrons. The first-order chi connectivity index (χ1) is 13.2. The number of guanidine groups is 1. The van der Waals surface area contributed by atoms with Crippen LogP contribution in [0, 0.1) is 0 Å². The van der Waals surface area contributed by atoms with Crippen molar-refractivity contribution in [3.05, 3.63) is 48.0 Å². The van der Waals surface area contributed by atoms with E-state index in [0.717, 1.165) is 30.0 Å². The number of aliphatic imine (C=N–C) groups is 1. The number of hydrogen-bond acceptors (Lipinski definition) is 4. The smallest absolute Gasteiger partial charge is 0.248 e. The molecule has 2 aliphatic rings. The molecule has 140 valence electrons. The van der Waals surface area contributed by atoms with Crippen LogP contribution in [0.15, 0.2) is 47.5 Å². The summed E-state index contributed by atoms with van der Waals surface area (Å²) in [4.78, 5) is 18.4. The zero-order chi connectivity index (χ0) is 18.6. The lowest BCUT2D eigenvalue weighted by molar-refractivity contribution is -0.117. The van der Waals surface area contributed by atoms with Crippen LogP contribution in [0.4, 0.5) is 11.4 Å². The number of hydrogen-bond donors (Lipinski definition) is 2. The Hall–Kier alpha value is -3.22. The van der Waals surface area contributed by atoms with Crippen molar-refractivity contribution in [2.24, 2.45) is 10.7 Å². The van der Waals surface area contributed by atoms with Gasteiger partial charge in [0.1, 0.15) is 6.54 Å². The second kappa shape index (κ2) is 7.57. The van der Waals surface area contributed by atoms with E-state index in [4.69, 9.17) is 15.2 Å². The SMILES string of the molecule is NC(=NCC(=O)N1CCc2ccccc21)Nc1ccc2c(c1)OCCCO2. The first-order valence-corrected chi connectivity index (χ1v) is 9.05. The standard InChI is InChI=1S/C20H22N4O3/c21-20(23-15-6-7-17-18(12-15)27-11-3-10-26-17)22-13-19(25)24-9-8-14-4-1-2-5-16(14)24/h1-2,4-7,12H,3,8-11,13H2,(H3,21,22,23). The predicted molar refractivity (Wildman–Crippen MR) is 105 cm³/mol. The van der Waals surface area contributed by atoms with E-state index in [0.29, 0.717) is 25.5 Å². The first-order valence-electron chi connectivity index (χ1n) is 9.05. The van der Waals surface area contributed by atoms with E-state index in [1.807, 2.05) is 42.5 Å². The molecule has 2 aromatic carbocycles. The van der Waals surface area contributed by atoms with Crippen molar-refractivity contribution >= 4 is 23.2 Å². The number of nitrogens with one attached hydrogen (secondary N) is 1. The minimum absolute atomic E-state index is 0.00226. The zero-order valence-corrected chi connectivity index (χ0v) is 15.0. The summed E-state index contributed by atoms with van der Waals surface area (Å²) in [5, 5.41) is 3.00. The Labute approximate surface area is 157 Å². The van der Waals surface area contributed by atoms with Crippen LogP contribution in [-0.4, -0.2) is 38.2 Å². The molecule has 7 heteroatoms. The van der Waals surface area contributed by atoms with Gasteiger partial charge < -0.3 is 25.4 Å². The number of nitrogens with zero attached hydrogens (tertiary/aromatic N) is 2. The quantitative estimate of drug-likeness (QED) is 0.642. The van der Waals surface area contributed by atoms with E-state index in [1.54, 1.807) is 4.90 Å². The third-order valence-corrected chi connectivity index (χ3v) is 4.59. The molecule has 2 aromatic rings. The molecule has 0 fully saturated rings. The molecule has 4 rings (SSSR count). The van der Waals surface area contributed by atoms with Gasteiger partial charge in [0.2, 0.25) is 5.91 Å². The van der Waals surface area contributed by atoms with Gasteiger partial charge in [0.05, 0.1) is 13.2 Å². The van der Waals surface area contributed by atoms with Crippen LogP contribution in [0.3, 0.4) is 0 Å². The van der Waals surface area contributed by atoms with Crippen LogP contribution in [0.1, 0.15) is 12.0 Å². The van der Waals surface area contributed by atoms with E-state index in [2.05, 4.69) is 10.3 Å². The average Bonchev–Trinajstić information content (AvgIpc) is 2.97. The van der Waals surface area contributed by atoms with E-state index in [1.165, 1.54) is 5.56 Å². The van der Waals surface area contributed by atoms with Crippen molar-refractivity contribution in [2.75, 3.05) is 36.5 Å². The maximum absolute atomic E-state index is 12.5. The number of para-hydroxylation sites is 1. The van der Waals surface area contributed by atoms with Gasteiger partial charge in [-0.3, -0.25) is 4.79 Å². The Bertz CT molecular complexity index is 881. The van der Waals surface area contributed by atoms with E-state index in [9.17, 15) is 4.79 Å². The molecule has 2 heterocycles. The average molecular weight is 366 g/mol. The Balaban J connectivity index is 1.39. The molecule has 0 aromatic heterocycles. The number of ether oxygens (including phenoxy) is 2. The van der Waals surface area contributed by atoms with Crippen LogP contribution >= 0.6 is 0 Å². The molecule has 3 N–H and O–H groups in total. The fraction of sp³-hybridized carbons (Fsp3) is 0.300. The first kappa shape index (κ1) is 17.2. The van der Waals surface area contributed by atoms with Crippen molar-refractivity contribution in [1.82, 2.24) is 0 Å². The number of rotatable bonds is 3. The number of carbonyl (C=O) groups is 1. The number of anilines is 2. The molecule has 0 saturated heterocycles. The summed E-state index contributed by atoms with van der Waals surface area (Å²) in [6.07, 6.45) is 1.72. The summed E-state index contributed by atoms with van der Waals surface area (Å²) in [7, 11) is 0. The molecular formula is C20H22N4O3. The summed E-state index contributed by atoms with van der Waals surface area (Å²) in [5.74, 6) is 1.51. The summed E-state index contributed by atoms with van der Waals surface area (Å²) >= 11 is 0. The predicted octanol–water partition coefficient (Wildman–Crippen LogP) is 2.16. The van der Waals surface area contributed by atoms with Crippen molar-refractivity contribution in [2.45, 2.75) is 12.8 Å². The molecule has 0 bridgehead atoms. The Morgan fingerprint density at radius 1 is 1.15 bits per heavy atom. The van der Waals surface area contributed by atoms with Gasteiger partial charge in [-0.1, -0.05) is 18.2 Å². The molecule has 27 heavy (non-hydrogen) atoms. The summed E-state index contributed by atoms with van der Waals surface area (Å²) < 4.78 is 11.3. The lowest BCUT2D eigenvalue weighted by Gasteiger charge is -2.16. The van der Waals surface area contributed by atoms with Gasteiger partial charge in [0, 0.05) is 30.4 Å². The minimum Gasteiger partial charge on any atom is -0.490 e. The number of nitrogens with two attached hydrogens (primary N) is 1. The maximum atomic E-state index is 12.5. The molecule has 7 nitrogen and oxygen atoms in total. The van der Waals surface area contributed by atoms with Crippen molar-refractivity contribution in [3.63, 3.8) is 0 Å². The number of fused-ring (bicyclic) bond motifs is 2. The second-order valence-electron chi connectivity index (χ2n) is 6.46. The van der Waals surface area contributed by atoms with Crippen molar-refractivity contribution < 1.29 is 14.3 Å². The van der Waals surface area contributed by atoms with Crippen LogP contribution in [-0.2, 0) is 11.2 Å². The number of amides is 1. The molecule has 0 saturated carbocycles. The molecule has 0 spiro atoms. The third-order valence-electron chi connectivity index (χ3n) is 4.59. The van der Waals surface area contributed by atoms with Gasteiger partial charge in [-0.05, 0) is 30.2 Å². The largest absolute Gasteiger partial charge is 0.490 e. The van der Waals surface area contributed by atoms with Gasteiger partial charge in [-0.2, -0.15) is 0 Å². The lowest BCUT2D eigenvalue weighted by atomic mass is 10.2. The second-order valence-corrected chi connectivity index (χ2v) is 6.46. The van der Waals surface area contributed by atoms with Gasteiger partial charge >= 0.3 is 0 Å². The van der Waals surface area contributed by atoms with Gasteiger partial charge in [-0.15, -0.1) is 0 Å². The molecular weight excluding hydrogens is 344 g/mol. The minimum atomic E-state index is -0.0663.